The van der Waals surface area contributed by atoms with E-state index in [4.69, 9.17) is 5.73 Å². The number of benzene rings is 1. The average Bonchev–Trinajstić information content (AvgIpc) is 2.76. The molecule has 1 fully saturated rings. The van der Waals surface area contributed by atoms with E-state index in [1.165, 1.54) is 4.31 Å². The van der Waals surface area contributed by atoms with Crippen LogP contribution in [0.3, 0.4) is 0 Å². The lowest BCUT2D eigenvalue weighted by Gasteiger charge is -2.20. The van der Waals surface area contributed by atoms with Gasteiger partial charge in [-0.05, 0) is 29.5 Å². The zero-order chi connectivity index (χ0) is 14.3. The van der Waals surface area contributed by atoms with Gasteiger partial charge >= 0.3 is 0 Å². The van der Waals surface area contributed by atoms with Crippen LogP contribution in [0, 0.1) is 0 Å². The van der Waals surface area contributed by atoms with Crippen LogP contribution in [-0.2, 0) is 15.4 Å². The Hall–Kier alpha value is -0.910. The molecule has 1 heterocycles. The molecule has 0 amide bonds. The highest BCUT2D eigenvalue weighted by atomic mass is 32.2. The zero-order valence-corrected chi connectivity index (χ0v) is 12.6. The Labute approximate surface area is 115 Å². The number of nitrogens with zero attached hydrogens (tertiary/aromatic N) is 1. The lowest BCUT2D eigenvalue weighted by Crippen LogP contribution is -2.32. The fourth-order valence-corrected chi connectivity index (χ4v) is 3.76. The van der Waals surface area contributed by atoms with Crippen molar-refractivity contribution >= 4 is 10.0 Å². The van der Waals surface area contributed by atoms with Crippen LogP contribution in [0.15, 0.2) is 29.2 Å². The Morgan fingerprint density at radius 3 is 2.21 bits per heavy atom. The van der Waals surface area contributed by atoms with Crippen molar-refractivity contribution in [3.05, 3.63) is 29.8 Å². The molecule has 0 radical (unpaired) electrons. The summed E-state index contributed by atoms with van der Waals surface area (Å²) in [6.45, 7) is 7.26. The maximum absolute atomic E-state index is 12.4. The standard InChI is InChI=1S/C14H22N2O2S/c1-14(2,3)11-4-6-13(7-5-11)19(17,18)16-9-8-12(15)10-16/h4-7,12H,8-10,15H2,1-3H3/t12-/m0/s1. The van der Waals surface area contributed by atoms with E-state index in [9.17, 15) is 8.42 Å². The minimum atomic E-state index is -3.38. The van der Waals surface area contributed by atoms with Crippen molar-refractivity contribution in [3.8, 4) is 0 Å². The number of hydrogen-bond acceptors (Lipinski definition) is 3. The highest BCUT2D eigenvalue weighted by Gasteiger charge is 2.30. The van der Waals surface area contributed by atoms with Gasteiger partial charge in [0.15, 0.2) is 0 Å². The second-order valence-corrected chi connectivity index (χ2v) is 8.12. The average molecular weight is 282 g/mol. The van der Waals surface area contributed by atoms with E-state index in [1.54, 1.807) is 12.1 Å². The van der Waals surface area contributed by atoms with Crippen LogP contribution in [0.2, 0.25) is 0 Å². The van der Waals surface area contributed by atoms with E-state index in [0.29, 0.717) is 18.0 Å². The van der Waals surface area contributed by atoms with Gasteiger partial charge in [-0.2, -0.15) is 4.31 Å². The van der Waals surface area contributed by atoms with Crippen molar-refractivity contribution < 1.29 is 8.42 Å². The SMILES string of the molecule is CC(C)(C)c1ccc(S(=O)(=O)N2CC[C@H](N)C2)cc1. The molecule has 2 rings (SSSR count). The van der Waals surface area contributed by atoms with Gasteiger partial charge in [-0.3, -0.25) is 0 Å². The van der Waals surface area contributed by atoms with E-state index in [1.807, 2.05) is 12.1 Å². The Balaban J connectivity index is 2.27. The summed E-state index contributed by atoms with van der Waals surface area (Å²) in [5.74, 6) is 0. The van der Waals surface area contributed by atoms with Gasteiger partial charge in [0.1, 0.15) is 0 Å². The molecule has 0 saturated carbocycles. The van der Waals surface area contributed by atoms with E-state index < -0.39 is 10.0 Å². The normalized spacial score (nSPS) is 21.8. The van der Waals surface area contributed by atoms with Gasteiger partial charge < -0.3 is 5.73 Å². The Morgan fingerprint density at radius 1 is 1.21 bits per heavy atom. The summed E-state index contributed by atoms with van der Waals surface area (Å²) in [6, 6.07) is 7.13. The highest BCUT2D eigenvalue weighted by molar-refractivity contribution is 7.89. The number of rotatable bonds is 2. The van der Waals surface area contributed by atoms with Gasteiger partial charge in [-0.1, -0.05) is 32.9 Å². The summed E-state index contributed by atoms with van der Waals surface area (Å²) < 4.78 is 26.3. The van der Waals surface area contributed by atoms with Crippen LogP contribution >= 0.6 is 0 Å². The van der Waals surface area contributed by atoms with Crippen molar-refractivity contribution in [1.29, 1.82) is 0 Å². The lowest BCUT2D eigenvalue weighted by atomic mass is 9.87. The van der Waals surface area contributed by atoms with Crippen molar-refractivity contribution in [2.24, 2.45) is 5.73 Å². The molecule has 1 aromatic rings. The molecule has 1 aromatic carbocycles. The predicted octanol–water partition coefficient (Wildman–Crippen LogP) is 1.71. The van der Waals surface area contributed by atoms with Gasteiger partial charge in [0.2, 0.25) is 10.0 Å². The topological polar surface area (TPSA) is 63.4 Å². The predicted molar refractivity (Wildman–Crippen MR) is 76.5 cm³/mol. The molecular formula is C14H22N2O2S. The molecule has 1 saturated heterocycles. The van der Waals surface area contributed by atoms with Gasteiger partial charge in [0.05, 0.1) is 4.90 Å². The lowest BCUT2D eigenvalue weighted by molar-refractivity contribution is 0.472. The Bertz CT molecular complexity index is 544. The zero-order valence-electron chi connectivity index (χ0n) is 11.8. The van der Waals surface area contributed by atoms with E-state index >= 15 is 0 Å². The molecule has 2 N–H and O–H groups in total. The third kappa shape index (κ3) is 2.99. The first-order chi connectivity index (χ1) is 8.71. The molecule has 5 heteroatoms. The number of nitrogens with two attached hydrogens (primary N) is 1. The van der Waals surface area contributed by atoms with Crippen LogP contribution in [0.1, 0.15) is 32.8 Å². The molecule has 0 bridgehead atoms. The van der Waals surface area contributed by atoms with Gasteiger partial charge in [0.25, 0.3) is 0 Å². The summed E-state index contributed by atoms with van der Waals surface area (Å²) in [7, 11) is -3.38. The highest BCUT2D eigenvalue weighted by Crippen LogP contribution is 2.25. The molecule has 1 aliphatic heterocycles. The van der Waals surface area contributed by atoms with E-state index in [-0.39, 0.29) is 11.5 Å². The van der Waals surface area contributed by atoms with Crippen LogP contribution < -0.4 is 5.73 Å². The quantitative estimate of drug-likeness (QED) is 0.898. The molecular weight excluding hydrogens is 260 g/mol. The molecule has 1 atom stereocenters. The summed E-state index contributed by atoms with van der Waals surface area (Å²) >= 11 is 0. The van der Waals surface area contributed by atoms with Crippen LogP contribution in [0.4, 0.5) is 0 Å². The molecule has 1 aliphatic rings. The van der Waals surface area contributed by atoms with Crippen molar-refractivity contribution in [2.75, 3.05) is 13.1 Å². The van der Waals surface area contributed by atoms with E-state index in [2.05, 4.69) is 20.8 Å². The third-order valence-corrected chi connectivity index (χ3v) is 5.42. The minimum Gasteiger partial charge on any atom is -0.326 e. The molecule has 0 spiro atoms. The number of hydrogen-bond donors (Lipinski definition) is 1. The smallest absolute Gasteiger partial charge is 0.243 e. The summed E-state index contributed by atoms with van der Waals surface area (Å²) in [4.78, 5) is 0.356. The second-order valence-electron chi connectivity index (χ2n) is 6.19. The molecule has 0 aromatic heterocycles. The molecule has 0 unspecified atom stereocenters. The first kappa shape index (κ1) is 14.5. The van der Waals surface area contributed by atoms with Gasteiger partial charge in [-0.25, -0.2) is 8.42 Å². The van der Waals surface area contributed by atoms with E-state index in [0.717, 1.165) is 12.0 Å². The van der Waals surface area contributed by atoms with Crippen molar-refractivity contribution in [1.82, 2.24) is 4.31 Å². The summed E-state index contributed by atoms with van der Waals surface area (Å²) in [5, 5.41) is 0. The Morgan fingerprint density at radius 2 is 1.79 bits per heavy atom. The first-order valence-corrected chi connectivity index (χ1v) is 8.01. The fourth-order valence-electron chi connectivity index (χ4n) is 2.25. The largest absolute Gasteiger partial charge is 0.326 e. The van der Waals surface area contributed by atoms with Crippen LogP contribution in [0.5, 0.6) is 0 Å². The van der Waals surface area contributed by atoms with Crippen LogP contribution in [0.25, 0.3) is 0 Å². The summed E-state index contributed by atoms with van der Waals surface area (Å²) in [6.07, 6.45) is 0.735. The Kier molecular flexibility index (Phi) is 3.73. The summed E-state index contributed by atoms with van der Waals surface area (Å²) in [5.41, 5.74) is 6.93. The molecule has 106 valence electrons. The monoisotopic (exact) mass is 282 g/mol. The third-order valence-electron chi connectivity index (χ3n) is 3.55. The number of sulfonamides is 1. The van der Waals surface area contributed by atoms with Crippen molar-refractivity contribution in [3.63, 3.8) is 0 Å². The van der Waals surface area contributed by atoms with Crippen LogP contribution in [-0.4, -0.2) is 31.9 Å². The maximum Gasteiger partial charge on any atom is 0.243 e. The molecule has 19 heavy (non-hydrogen) atoms. The minimum absolute atomic E-state index is 0.0261. The van der Waals surface area contributed by atoms with Gasteiger partial charge in [-0.15, -0.1) is 0 Å². The fraction of sp³-hybridized carbons (Fsp3) is 0.571. The first-order valence-electron chi connectivity index (χ1n) is 6.57. The van der Waals surface area contributed by atoms with Gasteiger partial charge in [0, 0.05) is 19.1 Å². The molecule has 0 aliphatic carbocycles. The second kappa shape index (κ2) is 4.89. The molecule has 4 nitrogen and oxygen atoms in total. The van der Waals surface area contributed by atoms with Crippen molar-refractivity contribution in [2.45, 2.75) is 43.5 Å². The maximum atomic E-state index is 12.4.